The number of hydrogen-bond acceptors (Lipinski definition) is 12. The maximum absolute atomic E-state index is 13.1. The Labute approximate surface area is 220 Å². The first kappa shape index (κ1) is 28.1. The third kappa shape index (κ3) is 6.42. The second-order valence-corrected chi connectivity index (χ2v) is 12.6. The number of amides is 2. The largest absolute Gasteiger partial charge is 0.480 e. The molecule has 2 saturated heterocycles. The number of ether oxygens (including phenoxy) is 1. The van der Waals surface area contributed by atoms with Crippen LogP contribution >= 0.6 is 34.9 Å². The van der Waals surface area contributed by atoms with E-state index in [1.807, 2.05) is 6.92 Å². The molecule has 0 saturated carbocycles. The molecule has 0 aromatic carbocycles. The molecule has 198 valence electrons. The molecule has 3 atom stereocenters. The topological polar surface area (TPSA) is 174 Å². The minimum absolute atomic E-state index is 0.0679. The van der Waals surface area contributed by atoms with Gasteiger partial charge in [0.1, 0.15) is 27.5 Å². The highest BCUT2D eigenvalue weighted by atomic mass is 32.2. The van der Waals surface area contributed by atoms with Gasteiger partial charge < -0.3 is 30.6 Å². The predicted octanol–water partition coefficient (Wildman–Crippen LogP) is 1.15. The number of aromatic nitrogens is 1. The summed E-state index contributed by atoms with van der Waals surface area (Å²) in [6, 6.07) is -0.863. The van der Waals surface area contributed by atoms with Crippen LogP contribution in [0.15, 0.2) is 10.5 Å². The molecular weight excluding hydrogens is 530 g/mol. The Hall–Kier alpha value is -2.52. The van der Waals surface area contributed by atoms with Gasteiger partial charge in [0.15, 0.2) is 10.8 Å². The van der Waals surface area contributed by atoms with Crippen molar-refractivity contribution < 1.29 is 33.9 Å². The number of aliphatic carboxylic acids is 1. The maximum atomic E-state index is 13.1. The number of carbonyl (C=O) groups excluding carboxylic acids is 3. The van der Waals surface area contributed by atoms with Crippen LogP contribution in [0.4, 0.5) is 5.13 Å². The summed E-state index contributed by atoms with van der Waals surface area (Å²) < 4.78 is 4.07. The number of esters is 1. The summed E-state index contributed by atoms with van der Waals surface area (Å²) in [6.45, 7) is 6.62. The highest BCUT2D eigenvalue weighted by Crippen LogP contribution is 2.44. The van der Waals surface area contributed by atoms with Crippen molar-refractivity contribution >= 4 is 69.5 Å². The first-order valence-corrected chi connectivity index (χ1v) is 14.0. The summed E-state index contributed by atoms with van der Waals surface area (Å²) in [5.74, 6) is -1.77. The lowest BCUT2D eigenvalue weighted by Gasteiger charge is -2.53. The van der Waals surface area contributed by atoms with E-state index in [1.165, 1.54) is 33.8 Å². The van der Waals surface area contributed by atoms with Crippen LogP contribution in [0.3, 0.4) is 0 Å². The van der Waals surface area contributed by atoms with Gasteiger partial charge in [-0.1, -0.05) is 12.1 Å². The van der Waals surface area contributed by atoms with Gasteiger partial charge in [0.2, 0.25) is 12.5 Å². The first-order chi connectivity index (χ1) is 16.9. The summed E-state index contributed by atoms with van der Waals surface area (Å²) in [5.41, 5.74) is 4.85. The third-order valence-corrected chi connectivity index (χ3v) is 9.05. The number of rotatable bonds is 10. The first-order valence-electron chi connectivity index (χ1n) is 11.1. The van der Waals surface area contributed by atoms with Crippen molar-refractivity contribution in [2.45, 2.75) is 55.9 Å². The Balaban J connectivity index is 1.68. The second-order valence-electron chi connectivity index (χ2n) is 9.14. The molecule has 0 spiro atoms. The molecule has 1 aromatic rings. The van der Waals surface area contributed by atoms with Crippen molar-refractivity contribution in [3.05, 3.63) is 11.1 Å². The highest BCUT2D eigenvalue weighted by molar-refractivity contribution is 8.05. The minimum Gasteiger partial charge on any atom is -0.480 e. The van der Waals surface area contributed by atoms with E-state index in [-0.39, 0.29) is 29.0 Å². The van der Waals surface area contributed by atoms with E-state index in [1.54, 1.807) is 20.8 Å². The van der Waals surface area contributed by atoms with Gasteiger partial charge in [0, 0.05) is 17.7 Å². The average molecular weight is 560 g/mol. The summed E-state index contributed by atoms with van der Waals surface area (Å²) in [5, 5.41) is 17.5. The lowest BCUT2D eigenvalue weighted by molar-refractivity contribution is -0.160. The van der Waals surface area contributed by atoms with Gasteiger partial charge in [-0.15, -0.1) is 34.9 Å². The number of nitrogens with zero attached hydrogens (tertiary/aromatic N) is 3. The molecule has 15 heteroatoms. The second kappa shape index (κ2) is 11.3. The third-order valence-electron chi connectivity index (χ3n) is 5.05. The zero-order chi connectivity index (χ0) is 26.7. The van der Waals surface area contributed by atoms with Crippen LogP contribution in [-0.4, -0.2) is 90.9 Å². The molecule has 2 unspecified atom stereocenters. The van der Waals surface area contributed by atoms with E-state index in [9.17, 15) is 24.3 Å². The molecule has 3 heterocycles. The van der Waals surface area contributed by atoms with Gasteiger partial charge in [-0.05, 0) is 32.9 Å². The number of β-lactam (4-membered cyclic amide) rings is 1. The van der Waals surface area contributed by atoms with Crippen LogP contribution in [0.1, 0.15) is 39.8 Å². The standard InChI is InChI=1S/C21H29N5O7S3/c1-5-6-36-21(18(30)31)9-26-16(29)14(17(26)35-10-21)24-15(28)13(11-8-34-19(22)23-11)25-32-7-12(27)33-20(2,3)4/h8,14,17H,5-7,9-10H2,1-4H3,(H2,22,23)(H,24,28)(H,30,31)/t14?,17-,21?/m1/s1. The van der Waals surface area contributed by atoms with Gasteiger partial charge in [0.05, 0.1) is 0 Å². The van der Waals surface area contributed by atoms with Gasteiger partial charge in [0.25, 0.3) is 5.91 Å². The van der Waals surface area contributed by atoms with E-state index in [2.05, 4.69) is 15.5 Å². The van der Waals surface area contributed by atoms with Crippen molar-refractivity contribution in [3.63, 3.8) is 0 Å². The maximum Gasteiger partial charge on any atom is 0.347 e. The number of anilines is 1. The number of nitrogen functional groups attached to an aromatic ring is 1. The molecule has 0 aliphatic carbocycles. The number of carboxylic acids is 1. The Morgan fingerprint density at radius 1 is 1.42 bits per heavy atom. The lowest BCUT2D eigenvalue weighted by atomic mass is 10.0. The predicted molar refractivity (Wildman–Crippen MR) is 138 cm³/mol. The van der Waals surface area contributed by atoms with Crippen LogP contribution in [0.5, 0.6) is 0 Å². The number of carboxylic acid groups (broad SMARTS) is 1. The SMILES string of the molecule is CCCSC1(C(=O)O)CS[C@@H]2C(NC(=O)C(=NOCC(=O)OC(C)(C)C)c3csc(N)n3)C(=O)N2C1. The normalized spacial score (nSPS) is 23.9. The monoisotopic (exact) mass is 559 g/mol. The Bertz CT molecular complexity index is 1060. The summed E-state index contributed by atoms with van der Waals surface area (Å²) >= 11 is 3.73. The van der Waals surface area contributed by atoms with Crippen LogP contribution < -0.4 is 11.1 Å². The molecule has 12 nitrogen and oxygen atoms in total. The molecule has 1 aromatic heterocycles. The molecule has 36 heavy (non-hydrogen) atoms. The molecule has 0 radical (unpaired) electrons. The number of fused-ring (bicyclic) bond motifs is 1. The number of oxime groups is 1. The molecule has 2 aliphatic heterocycles. The van der Waals surface area contributed by atoms with E-state index in [0.29, 0.717) is 11.5 Å². The number of nitrogens with two attached hydrogens (primary N) is 1. The summed E-state index contributed by atoms with van der Waals surface area (Å²) in [7, 11) is 0. The van der Waals surface area contributed by atoms with E-state index >= 15 is 0 Å². The van der Waals surface area contributed by atoms with Gasteiger partial charge in [-0.2, -0.15) is 0 Å². The van der Waals surface area contributed by atoms with Crippen LogP contribution in [0.25, 0.3) is 0 Å². The zero-order valence-corrected chi connectivity index (χ0v) is 22.8. The Morgan fingerprint density at radius 3 is 2.72 bits per heavy atom. The van der Waals surface area contributed by atoms with Crippen molar-refractivity contribution in [1.29, 1.82) is 0 Å². The van der Waals surface area contributed by atoms with E-state index < -0.39 is 46.2 Å². The van der Waals surface area contributed by atoms with Crippen molar-refractivity contribution in [1.82, 2.24) is 15.2 Å². The van der Waals surface area contributed by atoms with Crippen molar-refractivity contribution in [2.75, 3.05) is 30.4 Å². The van der Waals surface area contributed by atoms with Gasteiger partial charge in [-0.25, -0.2) is 9.78 Å². The summed E-state index contributed by atoms with van der Waals surface area (Å²) in [6.07, 6.45) is 0.819. The number of thiazole rings is 1. The molecule has 2 amide bonds. The fourth-order valence-electron chi connectivity index (χ4n) is 3.46. The van der Waals surface area contributed by atoms with Crippen LogP contribution in [0, 0.1) is 0 Å². The van der Waals surface area contributed by atoms with Crippen LogP contribution in [-0.2, 0) is 28.8 Å². The smallest absolute Gasteiger partial charge is 0.347 e. The molecule has 2 fully saturated rings. The average Bonchev–Trinajstić information content (AvgIpc) is 3.22. The summed E-state index contributed by atoms with van der Waals surface area (Å²) in [4.78, 5) is 60.4. The van der Waals surface area contributed by atoms with Gasteiger partial charge >= 0.3 is 11.9 Å². The molecule has 3 rings (SSSR count). The number of carbonyl (C=O) groups is 4. The zero-order valence-electron chi connectivity index (χ0n) is 20.3. The molecule has 2 aliphatic rings. The Morgan fingerprint density at radius 2 is 2.14 bits per heavy atom. The highest BCUT2D eigenvalue weighted by Gasteiger charge is 2.57. The van der Waals surface area contributed by atoms with Gasteiger partial charge in [-0.3, -0.25) is 14.4 Å². The lowest BCUT2D eigenvalue weighted by Crippen LogP contribution is -2.74. The molecule has 0 bridgehead atoms. The quantitative estimate of drug-likeness (QED) is 0.162. The van der Waals surface area contributed by atoms with E-state index in [4.69, 9.17) is 15.3 Å². The Kier molecular flexibility index (Phi) is 8.77. The fraction of sp³-hybridized carbons (Fsp3) is 0.619. The number of hydrogen-bond donors (Lipinski definition) is 3. The minimum atomic E-state index is -1.08. The van der Waals surface area contributed by atoms with Crippen LogP contribution in [0.2, 0.25) is 0 Å². The van der Waals surface area contributed by atoms with Crippen molar-refractivity contribution in [3.8, 4) is 0 Å². The fourth-order valence-corrected chi connectivity index (χ4v) is 6.88. The van der Waals surface area contributed by atoms with E-state index in [0.717, 1.165) is 17.8 Å². The van der Waals surface area contributed by atoms with Crippen molar-refractivity contribution in [2.24, 2.45) is 5.16 Å². The molecule has 4 N–H and O–H groups in total. The molecular formula is C21H29N5O7S3. The number of nitrogens with one attached hydrogen (secondary N) is 1. The number of thioether (sulfide) groups is 2.